The molecule has 74 heavy (non-hydrogen) atoms. The second kappa shape index (κ2) is 15.8. The zero-order valence-corrected chi connectivity index (χ0v) is 40.1. The van der Waals surface area contributed by atoms with E-state index < -0.39 is 0 Å². The van der Waals surface area contributed by atoms with Crippen LogP contribution in [0.1, 0.15) is 0 Å². The van der Waals surface area contributed by atoms with Gasteiger partial charge in [0.2, 0.25) is 0 Å². The van der Waals surface area contributed by atoms with Crippen molar-refractivity contribution >= 4 is 98.1 Å². The van der Waals surface area contributed by atoms with Gasteiger partial charge in [-0.25, -0.2) is 0 Å². The van der Waals surface area contributed by atoms with E-state index >= 15 is 0 Å². The highest BCUT2D eigenvalue weighted by Gasteiger charge is 2.19. The summed E-state index contributed by atoms with van der Waals surface area (Å²) >= 11 is 0. The number of furan rings is 1. The fraction of sp³-hybridized carbons (Fsp3) is 0. The molecule has 0 aliphatic heterocycles. The van der Waals surface area contributed by atoms with Gasteiger partial charge in [-0.05, 0) is 165 Å². The predicted octanol–water partition coefficient (Wildman–Crippen LogP) is 19.0. The first-order valence-electron chi connectivity index (χ1n) is 25.4. The molecule has 0 unspecified atom stereocenters. The molecule has 0 bridgehead atoms. The van der Waals surface area contributed by atoms with Crippen LogP contribution in [-0.4, -0.2) is 13.7 Å². The van der Waals surface area contributed by atoms with Crippen LogP contribution in [0, 0.1) is 0 Å². The largest absolute Gasteiger partial charge is 0.456 e. The molecule has 0 fully saturated rings. The van der Waals surface area contributed by atoms with Gasteiger partial charge in [0.15, 0.2) is 0 Å². The van der Waals surface area contributed by atoms with Crippen molar-refractivity contribution in [2.45, 2.75) is 0 Å². The number of rotatable bonds is 6. The summed E-state index contributed by atoms with van der Waals surface area (Å²) in [6.45, 7) is 0. The number of benzene rings is 12. The fourth-order valence-corrected chi connectivity index (χ4v) is 12.1. The van der Waals surface area contributed by atoms with Gasteiger partial charge in [-0.3, -0.25) is 0 Å². The number of fused-ring (bicyclic) bond motifs is 13. The SMILES string of the molecule is c1ccc(-n2c3ccccc3c3cc(-c4ccc5c(c4)c4cc(-c6ccc7c(c6)c6ccccc6n7-c6ccccc6)ccc4n5-c4ccc5cc(-c6ccc7oc8ccccc8c7c6)ccc5c4)ccc32)cc1. The molecule has 12 aromatic carbocycles. The Bertz CT molecular complexity index is 4740. The first-order valence-corrected chi connectivity index (χ1v) is 25.4. The number of nitrogens with zero attached hydrogens (tertiary/aromatic N) is 3. The van der Waals surface area contributed by atoms with Crippen molar-refractivity contribution in [2.24, 2.45) is 0 Å². The van der Waals surface area contributed by atoms with Gasteiger partial charge in [0.05, 0.1) is 33.1 Å². The number of hydrogen-bond acceptors (Lipinski definition) is 1. The zero-order valence-electron chi connectivity index (χ0n) is 40.1. The highest BCUT2D eigenvalue weighted by atomic mass is 16.3. The third-order valence-electron chi connectivity index (χ3n) is 15.6. The molecular formula is C70H43N3O. The summed E-state index contributed by atoms with van der Waals surface area (Å²) in [7, 11) is 0. The second-order valence-corrected chi connectivity index (χ2v) is 19.7. The Kier molecular flexibility index (Phi) is 8.71. The van der Waals surface area contributed by atoms with E-state index in [-0.39, 0.29) is 0 Å². The fourth-order valence-electron chi connectivity index (χ4n) is 12.1. The molecule has 4 heterocycles. The molecule has 4 nitrogen and oxygen atoms in total. The number of hydrogen-bond donors (Lipinski definition) is 0. The lowest BCUT2D eigenvalue weighted by Gasteiger charge is -2.11. The number of para-hydroxylation sites is 5. The molecule has 0 aliphatic rings. The Hall–Kier alpha value is -9.90. The van der Waals surface area contributed by atoms with E-state index in [0.29, 0.717) is 0 Å². The van der Waals surface area contributed by atoms with E-state index in [1.165, 1.54) is 110 Å². The molecular weight excluding hydrogens is 899 g/mol. The monoisotopic (exact) mass is 941 g/mol. The Balaban J connectivity index is 0.863. The van der Waals surface area contributed by atoms with Gasteiger partial charge < -0.3 is 18.1 Å². The molecule has 344 valence electrons. The quantitative estimate of drug-likeness (QED) is 0.163. The lowest BCUT2D eigenvalue weighted by atomic mass is 9.98. The lowest BCUT2D eigenvalue weighted by molar-refractivity contribution is 0.669. The maximum Gasteiger partial charge on any atom is 0.135 e. The molecule has 4 heteroatoms. The molecule has 4 aromatic heterocycles. The van der Waals surface area contributed by atoms with Gasteiger partial charge in [0, 0.05) is 60.2 Å². The van der Waals surface area contributed by atoms with Crippen molar-refractivity contribution in [1.82, 2.24) is 13.7 Å². The van der Waals surface area contributed by atoms with Crippen molar-refractivity contribution in [3.63, 3.8) is 0 Å². The molecule has 0 amide bonds. The first kappa shape index (κ1) is 40.8. The average Bonchev–Trinajstić information content (AvgIpc) is 4.21. The highest BCUT2D eigenvalue weighted by molar-refractivity contribution is 6.15. The van der Waals surface area contributed by atoms with Gasteiger partial charge in [0.1, 0.15) is 11.2 Å². The van der Waals surface area contributed by atoms with Crippen molar-refractivity contribution in [1.29, 1.82) is 0 Å². The summed E-state index contributed by atoms with van der Waals surface area (Å²) in [5.74, 6) is 0. The Morgan fingerprint density at radius 2 is 0.554 bits per heavy atom. The Morgan fingerprint density at radius 3 is 1.09 bits per heavy atom. The molecule has 0 radical (unpaired) electrons. The van der Waals surface area contributed by atoms with Gasteiger partial charge in [-0.2, -0.15) is 0 Å². The van der Waals surface area contributed by atoms with Crippen molar-refractivity contribution in [3.8, 4) is 50.4 Å². The van der Waals surface area contributed by atoms with Gasteiger partial charge in [-0.15, -0.1) is 0 Å². The molecule has 0 N–H and O–H groups in total. The van der Waals surface area contributed by atoms with Crippen LogP contribution in [0.25, 0.3) is 149 Å². The van der Waals surface area contributed by atoms with E-state index in [4.69, 9.17) is 4.42 Å². The van der Waals surface area contributed by atoms with Crippen LogP contribution in [0.15, 0.2) is 265 Å². The van der Waals surface area contributed by atoms with Gasteiger partial charge >= 0.3 is 0 Å². The van der Waals surface area contributed by atoms with Crippen LogP contribution in [0.2, 0.25) is 0 Å². The molecule has 0 saturated heterocycles. The molecule has 16 aromatic rings. The van der Waals surface area contributed by atoms with E-state index in [0.717, 1.165) is 39.0 Å². The van der Waals surface area contributed by atoms with Crippen molar-refractivity contribution in [2.75, 3.05) is 0 Å². The van der Waals surface area contributed by atoms with E-state index in [1.807, 2.05) is 12.1 Å². The normalized spacial score (nSPS) is 12.1. The summed E-state index contributed by atoms with van der Waals surface area (Å²) < 4.78 is 13.4. The zero-order chi connectivity index (χ0) is 48.4. The average molecular weight is 942 g/mol. The van der Waals surface area contributed by atoms with Gasteiger partial charge in [-0.1, -0.05) is 140 Å². The molecule has 16 rings (SSSR count). The minimum atomic E-state index is 0.909. The molecule has 0 spiro atoms. The minimum Gasteiger partial charge on any atom is -0.456 e. The predicted molar refractivity (Wildman–Crippen MR) is 311 cm³/mol. The Morgan fingerprint density at radius 1 is 0.203 bits per heavy atom. The maximum atomic E-state index is 6.17. The van der Waals surface area contributed by atoms with E-state index in [9.17, 15) is 0 Å². The summed E-state index contributed by atoms with van der Waals surface area (Å²) in [5, 5.41) is 12.1. The standard InChI is InChI=1S/C70H43N3O/c1-3-13-52(14-4-1)71-63-20-10-7-17-55(63)58-39-47(26-32-65(58)71)49-28-34-67-60(41-49)61-42-50(48-27-33-66-59(40-48)56-18-8-11-21-64(56)72(66)53-15-5-2-6-16-53)29-35-68(61)73(67)54-31-25-45-37-44(23-24-46(45)38-54)51-30-36-70-62(43-51)57-19-9-12-22-69(57)74-70/h1-43H. The summed E-state index contributed by atoms with van der Waals surface area (Å²) in [5.41, 5.74) is 19.5. The van der Waals surface area contributed by atoms with Crippen molar-refractivity contribution in [3.05, 3.63) is 261 Å². The Labute approximate surface area is 425 Å². The molecule has 0 aliphatic carbocycles. The van der Waals surface area contributed by atoms with Crippen LogP contribution in [-0.2, 0) is 0 Å². The van der Waals surface area contributed by atoms with Crippen LogP contribution < -0.4 is 0 Å². The van der Waals surface area contributed by atoms with Crippen LogP contribution in [0.4, 0.5) is 0 Å². The third-order valence-corrected chi connectivity index (χ3v) is 15.6. The maximum absolute atomic E-state index is 6.17. The van der Waals surface area contributed by atoms with Crippen LogP contribution >= 0.6 is 0 Å². The van der Waals surface area contributed by atoms with Crippen LogP contribution in [0.3, 0.4) is 0 Å². The van der Waals surface area contributed by atoms with Crippen molar-refractivity contribution < 1.29 is 4.42 Å². The highest BCUT2D eigenvalue weighted by Crippen LogP contribution is 2.42. The first-order chi connectivity index (χ1) is 36.7. The molecule has 0 atom stereocenters. The smallest absolute Gasteiger partial charge is 0.135 e. The van der Waals surface area contributed by atoms with E-state index in [1.54, 1.807) is 0 Å². The summed E-state index contributed by atoms with van der Waals surface area (Å²) in [4.78, 5) is 0. The van der Waals surface area contributed by atoms with Crippen LogP contribution in [0.5, 0.6) is 0 Å². The summed E-state index contributed by atoms with van der Waals surface area (Å²) in [6, 6.07) is 95.5. The second-order valence-electron chi connectivity index (χ2n) is 19.7. The van der Waals surface area contributed by atoms with Gasteiger partial charge in [0.25, 0.3) is 0 Å². The molecule has 0 saturated carbocycles. The summed E-state index contributed by atoms with van der Waals surface area (Å²) in [6.07, 6.45) is 0. The topological polar surface area (TPSA) is 27.9 Å². The lowest BCUT2D eigenvalue weighted by Crippen LogP contribution is -1.94. The minimum absolute atomic E-state index is 0.909. The number of aromatic nitrogens is 3. The van der Waals surface area contributed by atoms with E-state index in [2.05, 4.69) is 262 Å². The third kappa shape index (κ3) is 6.15.